The summed E-state index contributed by atoms with van der Waals surface area (Å²) >= 11 is 1.54. The van der Waals surface area contributed by atoms with Crippen LogP contribution >= 0.6 is 11.8 Å². The fraction of sp³-hybridized carbons (Fsp3) is 0.636. The lowest BCUT2D eigenvalue weighted by molar-refractivity contribution is -0.142. The first-order valence-corrected chi connectivity index (χ1v) is 13.3. The lowest BCUT2D eigenvalue weighted by Gasteiger charge is -2.25. The largest absolute Gasteiger partial charge is 0.480 e. The number of aromatic amines is 1. The van der Waals surface area contributed by atoms with Crippen LogP contribution in [0.5, 0.6) is 0 Å². The molecule has 1 aromatic heterocycles. The highest BCUT2D eigenvalue weighted by Crippen LogP contribution is 2.07. The first-order valence-electron chi connectivity index (χ1n) is 11.9. The van der Waals surface area contributed by atoms with E-state index in [-0.39, 0.29) is 25.7 Å². The number of carbonyl (C=O) groups is 5. The molecule has 14 nitrogen and oxygen atoms in total. The summed E-state index contributed by atoms with van der Waals surface area (Å²) in [7, 11) is 0. The van der Waals surface area contributed by atoms with Crippen LogP contribution in [0.4, 0.5) is 0 Å². The molecule has 1 heterocycles. The number of nitrogens with zero attached hydrogens (tertiary/aromatic N) is 1. The van der Waals surface area contributed by atoms with Crippen molar-refractivity contribution in [3.8, 4) is 0 Å². The van der Waals surface area contributed by atoms with E-state index in [2.05, 4.69) is 25.9 Å². The maximum absolute atomic E-state index is 13.2. The van der Waals surface area contributed by atoms with Crippen LogP contribution in [-0.4, -0.2) is 87.4 Å². The number of amides is 4. The number of aromatic nitrogens is 2. The standard InChI is InChI=1S/C22H38N8O6S/c1-37-9-7-14(24)19(32)30-17(10-13-11-26-12-27-13)21(34)28-15(4-2-3-8-23)20(33)29-16(22(35)36)5-6-18(25)31/h11-12,14-17H,2-10,23-24H2,1H3,(H2,25,31)(H,26,27)(H,28,34)(H,29,33)(H,30,32)(H,35,36). The van der Waals surface area contributed by atoms with Crippen molar-refractivity contribution >= 4 is 41.4 Å². The van der Waals surface area contributed by atoms with Gasteiger partial charge in [0.05, 0.1) is 12.4 Å². The molecule has 11 N–H and O–H groups in total. The van der Waals surface area contributed by atoms with Crippen molar-refractivity contribution in [1.82, 2.24) is 25.9 Å². The lowest BCUT2D eigenvalue weighted by atomic mass is 10.0. The SMILES string of the molecule is CSCCC(N)C(=O)NC(Cc1cnc[nH]1)C(=O)NC(CCCCN)C(=O)NC(CCC(N)=O)C(=O)O. The third kappa shape index (κ3) is 12.6. The first-order chi connectivity index (χ1) is 17.6. The lowest BCUT2D eigenvalue weighted by Crippen LogP contribution is -2.57. The highest BCUT2D eigenvalue weighted by Gasteiger charge is 2.30. The number of imidazole rings is 1. The molecule has 208 valence electrons. The summed E-state index contributed by atoms with van der Waals surface area (Å²) in [6, 6.07) is -4.39. The minimum absolute atomic E-state index is 0.0559. The first kappa shape index (κ1) is 31.9. The van der Waals surface area contributed by atoms with Gasteiger partial charge in [0.15, 0.2) is 0 Å². The molecule has 0 aliphatic heterocycles. The van der Waals surface area contributed by atoms with Gasteiger partial charge in [-0.1, -0.05) is 0 Å². The summed E-state index contributed by atoms with van der Waals surface area (Å²) in [5.41, 5.74) is 17.1. The van der Waals surface area contributed by atoms with Crippen molar-refractivity contribution in [2.75, 3.05) is 18.6 Å². The molecule has 0 spiro atoms. The van der Waals surface area contributed by atoms with Gasteiger partial charge in [-0.2, -0.15) is 11.8 Å². The monoisotopic (exact) mass is 542 g/mol. The zero-order valence-electron chi connectivity index (χ0n) is 20.9. The molecule has 0 bridgehead atoms. The van der Waals surface area contributed by atoms with Crippen molar-refractivity contribution in [3.63, 3.8) is 0 Å². The molecule has 0 saturated heterocycles. The number of carboxylic acids is 1. The average Bonchev–Trinajstić information content (AvgIpc) is 3.36. The predicted molar refractivity (Wildman–Crippen MR) is 138 cm³/mol. The molecular weight excluding hydrogens is 504 g/mol. The predicted octanol–water partition coefficient (Wildman–Crippen LogP) is -2.03. The number of nitrogens with one attached hydrogen (secondary N) is 4. The Balaban J connectivity index is 3.02. The van der Waals surface area contributed by atoms with E-state index in [4.69, 9.17) is 17.2 Å². The number of thioether (sulfide) groups is 1. The number of unbranched alkanes of at least 4 members (excludes halogenated alkanes) is 1. The number of H-pyrrole nitrogens is 1. The summed E-state index contributed by atoms with van der Waals surface area (Å²) in [5, 5.41) is 17.0. The Morgan fingerprint density at radius 3 is 2.22 bits per heavy atom. The minimum Gasteiger partial charge on any atom is -0.480 e. The van der Waals surface area contributed by atoms with E-state index in [1.165, 1.54) is 24.3 Å². The van der Waals surface area contributed by atoms with Crippen LogP contribution in [0.25, 0.3) is 0 Å². The number of hydrogen-bond acceptors (Lipinski definition) is 9. The Kier molecular flexibility index (Phi) is 14.9. The Hall–Kier alpha value is -3.17. The van der Waals surface area contributed by atoms with E-state index >= 15 is 0 Å². The molecule has 4 atom stereocenters. The Bertz CT molecular complexity index is 885. The van der Waals surface area contributed by atoms with Crippen LogP contribution in [0.3, 0.4) is 0 Å². The van der Waals surface area contributed by atoms with Crippen LogP contribution < -0.4 is 33.2 Å². The van der Waals surface area contributed by atoms with E-state index in [0.29, 0.717) is 37.3 Å². The Labute approximate surface area is 219 Å². The number of primary amides is 1. The Morgan fingerprint density at radius 1 is 1.00 bits per heavy atom. The maximum atomic E-state index is 13.2. The van der Waals surface area contributed by atoms with Gasteiger partial charge >= 0.3 is 5.97 Å². The van der Waals surface area contributed by atoms with Gasteiger partial charge in [0.1, 0.15) is 18.1 Å². The van der Waals surface area contributed by atoms with Gasteiger partial charge in [0.2, 0.25) is 23.6 Å². The molecule has 4 amide bonds. The zero-order chi connectivity index (χ0) is 27.8. The van der Waals surface area contributed by atoms with Crippen molar-refractivity contribution in [2.45, 2.75) is 69.1 Å². The van der Waals surface area contributed by atoms with E-state index in [1.807, 2.05) is 6.26 Å². The van der Waals surface area contributed by atoms with Crippen LogP contribution in [0.1, 0.15) is 44.2 Å². The molecule has 0 aliphatic carbocycles. The van der Waals surface area contributed by atoms with Crippen molar-refractivity contribution < 1.29 is 29.1 Å². The average molecular weight is 543 g/mol. The second-order valence-corrected chi connectivity index (χ2v) is 9.47. The van der Waals surface area contributed by atoms with Crippen molar-refractivity contribution in [1.29, 1.82) is 0 Å². The molecule has 0 aliphatic rings. The number of carboxylic acid groups (broad SMARTS) is 1. The van der Waals surface area contributed by atoms with Gasteiger partial charge in [-0.25, -0.2) is 9.78 Å². The molecule has 1 aromatic rings. The molecule has 0 saturated carbocycles. The fourth-order valence-electron chi connectivity index (χ4n) is 3.33. The minimum atomic E-state index is -1.37. The van der Waals surface area contributed by atoms with Gasteiger partial charge < -0.3 is 43.2 Å². The van der Waals surface area contributed by atoms with Crippen molar-refractivity contribution in [3.05, 3.63) is 18.2 Å². The molecular formula is C22H38N8O6S. The molecule has 4 unspecified atom stereocenters. The molecule has 0 fully saturated rings. The highest BCUT2D eigenvalue weighted by atomic mass is 32.2. The number of nitrogens with two attached hydrogens (primary N) is 3. The smallest absolute Gasteiger partial charge is 0.326 e. The molecule has 0 aromatic carbocycles. The van der Waals surface area contributed by atoms with Gasteiger partial charge in [-0.05, 0) is 50.7 Å². The van der Waals surface area contributed by atoms with Crippen molar-refractivity contribution in [2.24, 2.45) is 17.2 Å². The van der Waals surface area contributed by atoms with E-state index in [9.17, 15) is 29.1 Å². The Morgan fingerprint density at radius 2 is 1.65 bits per heavy atom. The van der Waals surface area contributed by atoms with E-state index in [1.54, 1.807) is 0 Å². The highest BCUT2D eigenvalue weighted by molar-refractivity contribution is 7.98. The summed E-state index contributed by atoms with van der Waals surface area (Å²) in [6.07, 6.45) is 6.07. The second-order valence-electron chi connectivity index (χ2n) is 8.48. The zero-order valence-corrected chi connectivity index (χ0v) is 21.7. The topological polar surface area (TPSA) is 248 Å². The normalized spacial score (nSPS) is 14.1. The van der Waals surface area contributed by atoms with Crippen LogP contribution in [-0.2, 0) is 30.4 Å². The quantitative estimate of drug-likeness (QED) is 0.0890. The summed E-state index contributed by atoms with van der Waals surface area (Å²) in [5.74, 6) is -3.31. The van der Waals surface area contributed by atoms with E-state index in [0.717, 1.165) is 0 Å². The van der Waals surface area contributed by atoms with Gasteiger partial charge in [0, 0.05) is 24.7 Å². The molecule has 1 rings (SSSR count). The summed E-state index contributed by atoms with van der Waals surface area (Å²) in [4.78, 5) is 68.2. The van der Waals surface area contributed by atoms with Crippen LogP contribution in [0.15, 0.2) is 12.5 Å². The molecule has 0 radical (unpaired) electrons. The number of hydrogen-bond donors (Lipinski definition) is 8. The van der Waals surface area contributed by atoms with Gasteiger partial charge in [-0.3, -0.25) is 19.2 Å². The summed E-state index contributed by atoms with van der Waals surface area (Å²) < 4.78 is 0. The van der Waals surface area contributed by atoms with Crippen LogP contribution in [0, 0.1) is 0 Å². The van der Waals surface area contributed by atoms with Gasteiger partial charge in [-0.15, -0.1) is 0 Å². The fourth-order valence-corrected chi connectivity index (χ4v) is 3.82. The number of aliphatic carboxylic acids is 1. The number of carbonyl (C=O) groups excluding carboxylic acids is 4. The number of rotatable bonds is 19. The van der Waals surface area contributed by atoms with Gasteiger partial charge in [0.25, 0.3) is 0 Å². The van der Waals surface area contributed by atoms with E-state index < -0.39 is 53.8 Å². The molecule has 37 heavy (non-hydrogen) atoms. The second kappa shape index (κ2) is 17.3. The molecule has 15 heteroatoms. The van der Waals surface area contributed by atoms with Crippen LogP contribution in [0.2, 0.25) is 0 Å². The maximum Gasteiger partial charge on any atom is 0.326 e. The third-order valence-corrected chi connectivity index (χ3v) is 6.10. The summed E-state index contributed by atoms with van der Waals surface area (Å²) in [6.45, 7) is 0.366. The third-order valence-electron chi connectivity index (χ3n) is 5.46.